The minimum atomic E-state index is -0.197. The molecule has 19 heavy (non-hydrogen) atoms. The topological polar surface area (TPSA) is 29.5 Å². The molecular weight excluding hydrogens is 256 g/mol. The molecule has 3 heteroatoms. The van der Waals surface area contributed by atoms with Crippen molar-refractivity contribution in [1.29, 1.82) is 0 Å². The number of rotatable bonds is 5. The van der Waals surface area contributed by atoms with E-state index < -0.39 is 0 Å². The van der Waals surface area contributed by atoms with E-state index in [4.69, 9.17) is 4.74 Å². The number of thioether (sulfide) groups is 1. The van der Waals surface area contributed by atoms with Crippen molar-refractivity contribution in [2.45, 2.75) is 55.1 Å². The van der Waals surface area contributed by atoms with Crippen molar-refractivity contribution in [3.05, 3.63) is 29.8 Å². The van der Waals surface area contributed by atoms with E-state index in [1.807, 2.05) is 11.8 Å². The van der Waals surface area contributed by atoms with Gasteiger partial charge in [0.25, 0.3) is 0 Å². The van der Waals surface area contributed by atoms with Gasteiger partial charge in [0.1, 0.15) is 0 Å². The van der Waals surface area contributed by atoms with E-state index in [0.29, 0.717) is 12.0 Å². The molecule has 0 amide bonds. The van der Waals surface area contributed by atoms with Crippen LogP contribution in [0.3, 0.4) is 0 Å². The molecule has 2 heterocycles. The Bertz CT molecular complexity index is 415. The molecule has 0 bridgehead atoms. The lowest BCUT2D eigenvalue weighted by Crippen LogP contribution is -2.19. The van der Waals surface area contributed by atoms with Crippen LogP contribution in [0.15, 0.2) is 29.2 Å². The highest BCUT2D eigenvalue weighted by molar-refractivity contribution is 7.99. The molecule has 104 valence electrons. The molecule has 1 N–H and O–H groups in total. The zero-order chi connectivity index (χ0) is 13.1. The van der Waals surface area contributed by atoms with Gasteiger partial charge in [-0.25, -0.2) is 0 Å². The van der Waals surface area contributed by atoms with Gasteiger partial charge in [0.15, 0.2) is 0 Å². The van der Waals surface area contributed by atoms with Gasteiger partial charge in [-0.15, -0.1) is 11.8 Å². The Labute approximate surface area is 119 Å². The first-order chi connectivity index (χ1) is 9.34. The third-order valence-corrected chi connectivity index (χ3v) is 5.46. The van der Waals surface area contributed by atoms with Crippen LogP contribution in [0.5, 0.6) is 0 Å². The van der Waals surface area contributed by atoms with E-state index in [9.17, 15) is 5.11 Å². The summed E-state index contributed by atoms with van der Waals surface area (Å²) in [6, 6.07) is 8.50. The zero-order valence-corrected chi connectivity index (χ0v) is 12.1. The van der Waals surface area contributed by atoms with Crippen molar-refractivity contribution in [2.75, 3.05) is 12.4 Å². The van der Waals surface area contributed by atoms with E-state index in [1.165, 1.54) is 23.3 Å². The molecule has 0 aromatic heterocycles. The summed E-state index contributed by atoms with van der Waals surface area (Å²) in [5.41, 5.74) is 1.34. The number of aliphatic hydroxyl groups excluding tert-OH is 1. The molecule has 0 saturated carbocycles. The van der Waals surface area contributed by atoms with Crippen LogP contribution in [-0.2, 0) is 4.74 Å². The molecule has 2 aliphatic heterocycles. The summed E-state index contributed by atoms with van der Waals surface area (Å²) in [7, 11) is 0. The molecule has 3 unspecified atom stereocenters. The van der Waals surface area contributed by atoms with Gasteiger partial charge in [-0.1, -0.05) is 18.2 Å². The Morgan fingerprint density at radius 2 is 2.26 bits per heavy atom. The maximum absolute atomic E-state index is 10.4. The second-order valence-electron chi connectivity index (χ2n) is 5.59. The third-order valence-electron chi connectivity index (χ3n) is 4.25. The second kappa shape index (κ2) is 6.29. The van der Waals surface area contributed by atoms with Crippen LogP contribution in [0.1, 0.15) is 43.6 Å². The van der Waals surface area contributed by atoms with Crippen molar-refractivity contribution in [3.8, 4) is 0 Å². The molecule has 1 saturated heterocycles. The Morgan fingerprint density at radius 3 is 3.11 bits per heavy atom. The molecule has 1 fully saturated rings. The van der Waals surface area contributed by atoms with Crippen LogP contribution < -0.4 is 0 Å². The van der Waals surface area contributed by atoms with Gasteiger partial charge in [0.2, 0.25) is 0 Å². The molecule has 3 atom stereocenters. The van der Waals surface area contributed by atoms with Gasteiger partial charge in [-0.3, -0.25) is 0 Å². The van der Waals surface area contributed by atoms with Gasteiger partial charge in [-0.2, -0.15) is 0 Å². The third kappa shape index (κ3) is 3.15. The van der Waals surface area contributed by atoms with Gasteiger partial charge >= 0.3 is 0 Å². The number of fused-ring (bicyclic) bond motifs is 1. The van der Waals surface area contributed by atoms with Crippen LogP contribution >= 0.6 is 11.8 Å². The maximum Gasteiger partial charge on any atom is 0.0617 e. The normalized spacial score (nSPS) is 27.4. The molecule has 1 aromatic carbocycles. The van der Waals surface area contributed by atoms with Crippen LogP contribution in [0.25, 0.3) is 0 Å². The summed E-state index contributed by atoms with van der Waals surface area (Å²) in [6.07, 6.45) is 5.76. The summed E-state index contributed by atoms with van der Waals surface area (Å²) in [5.74, 6) is 1.35. The smallest absolute Gasteiger partial charge is 0.0617 e. The highest BCUT2D eigenvalue weighted by Crippen LogP contribution is 2.41. The Hall–Kier alpha value is -0.510. The molecule has 0 radical (unpaired) electrons. The highest BCUT2D eigenvalue weighted by Gasteiger charge is 2.28. The highest BCUT2D eigenvalue weighted by atomic mass is 32.2. The number of aliphatic hydroxyl groups is 1. The number of benzene rings is 1. The van der Waals surface area contributed by atoms with E-state index in [0.717, 1.165) is 31.6 Å². The molecule has 0 aliphatic carbocycles. The van der Waals surface area contributed by atoms with Gasteiger partial charge < -0.3 is 9.84 Å². The van der Waals surface area contributed by atoms with E-state index in [2.05, 4.69) is 24.3 Å². The average molecular weight is 278 g/mol. The lowest BCUT2D eigenvalue weighted by atomic mass is 9.92. The summed E-state index contributed by atoms with van der Waals surface area (Å²) in [5, 5.41) is 10.4. The summed E-state index contributed by atoms with van der Waals surface area (Å²) >= 11 is 1.88. The minimum absolute atomic E-state index is 0.197. The second-order valence-corrected chi connectivity index (χ2v) is 6.65. The van der Waals surface area contributed by atoms with Crippen LogP contribution in [-0.4, -0.2) is 29.7 Å². The first kappa shape index (κ1) is 13.5. The molecule has 3 rings (SSSR count). The largest absolute Gasteiger partial charge is 0.392 e. The fourth-order valence-electron chi connectivity index (χ4n) is 3.13. The first-order valence-electron chi connectivity index (χ1n) is 7.36. The minimum Gasteiger partial charge on any atom is -0.392 e. The van der Waals surface area contributed by atoms with Crippen molar-refractivity contribution in [3.63, 3.8) is 0 Å². The van der Waals surface area contributed by atoms with E-state index in [-0.39, 0.29) is 6.10 Å². The van der Waals surface area contributed by atoms with Gasteiger partial charge in [-0.05, 0) is 43.7 Å². The monoisotopic (exact) mass is 278 g/mol. The first-order valence-corrected chi connectivity index (χ1v) is 8.34. The van der Waals surface area contributed by atoms with Crippen LogP contribution in [0.4, 0.5) is 0 Å². The fraction of sp³-hybridized carbons (Fsp3) is 0.625. The zero-order valence-electron chi connectivity index (χ0n) is 11.3. The lowest BCUT2D eigenvalue weighted by Gasteiger charge is -2.19. The molecule has 2 aliphatic rings. The van der Waals surface area contributed by atoms with Gasteiger partial charge in [0.05, 0.1) is 12.2 Å². The molecule has 2 nitrogen and oxygen atoms in total. The predicted octanol–water partition coefficient (Wildman–Crippen LogP) is 3.59. The standard InChI is InChI=1S/C16H22O2S/c17-15(8-3-5-12-6-4-10-18-12)14-11-19-16-9-2-1-7-13(14)16/h1-2,7,9,12,14-15,17H,3-6,8,10-11H2. The van der Waals surface area contributed by atoms with Crippen molar-refractivity contribution < 1.29 is 9.84 Å². The maximum atomic E-state index is 10.4. The lowest BCUT2D eigenvalue weighted by molar-refractivity contribution is 0.0911. The fourth-order valence-corrected chi connectivity index (χ4v) is 4.46. The average Bonchev–Trinajstić information content (AvgIpc) is 3.07. The number of hydrogen-bond acceptors (Lipinski definition) is 3. The molecule has 1 aromatic rings. The number of ether oxygens (including phenoxy) is 1. The molecule has 0 spiro atoms. The Balaban J connectivity index is 1.49. The molecular formula is C16H22O2S. The summed E-state index contributed by atoms with van der Waals surface area (Å²) < 4.78 is 5.63. The van der Waals surface area contributed by atoms with Crippen molar-refractivity contribution >= 4 is 11.8 Å². The van der Waals surface area contributed by atoms with Crippen LogP contribution in [0, 0.1) is 0 Å². The Morgan fingerprint density at radius 1 is 1.37 bits per heavy atom. The summed E-state index contributed by atoms with van der Waals surface area (Å²) in [4.78, 5) is 1.35. The van der Waals surface area contributed by atoms with Gasteiger partial charge in [0, 0.05) is 23.2 Å². The SMILES string of the molecule is OC(CCCC1CCCO1)C1CSc2ccccc21. The predicted molar refractivity (Wildman–Crippen MR) is 78.7 cm³/mol. The van der Waals surface area contributed by atoms with Crippen molar-refractivity contribution in [2.24, 2.45) is 0 Å². The quantitative estimate of drug-likeness (QED) is 0.892. The summed E-state index contributed by atoms with van der Waals surface area (Å²) in [6.45, 7) is 0.930. The van der Waals surface area contributed by atoms with E-state index in [1.54, 1.807) is 0 Å². The van der Waals surface area contributed by atoms with Crippen molar-refractivity contribution in [1.82, 2.24) is 0 Å². The van der Waals surface area contributed by atoms with Crippen LogP contribution in [0.2, 0.25) is 0 Å². The number of hydrogen-bond donors (Lipinski definition) is 1. The van der Waals surface area contributed by atoms with E-state index >= 15 is 0 Å². The Kier molecular flexibility index (Phi) is 4.46.